The lowest BCUT2D eigenvalue weighted by molar-refractivity contribution is -0.0942. The third-order valence-electron chi connectivity index (χ3n) is 7.83. The molecule has 3 aliphatic rings. The maximum atomic E-state index is 6.45. The van der Waals surface area contributed by atoms with Crippen molar-refractivity contribution in [2.75, 3.05) is 57.3 Å². The SMILES string of the molecule is COc1cc(N(C)CCN(C)C)c(N)cc1Nc1nccc(-c2nn(C34CC(C3)C4)c3ccccc23)n1. The number of benzene rings is 2. The van der Waals surface area contributed by atoms with Crippen molar-refractivity contribution in [2.24, 2.45) is 5.92 Å². The fraction of sp³-hybridized carbons (Fsp3) is 0.393. The zero-order valence-electron chi connectivity index (χ0n) is 21.9. The molecule has 9 heteroatoms. The summed E-state index contributed by atoms with van der Waals surface area (Å²) >= 11 is 0. The lowest BCUT2D eigenvalue weighted by Gasteiger charge is -2.61. The number of nitrogen functional groups attached to an aromatic ring is 1. The minimum atomic E-state index is 0.197. The van der Waals surface area contributed by atoms with Crippen LogP contribution in [0.3, 0.4) is 0 Å². The number of para-hydroxylation sites is 1. The van der Waals surface area contributed by atoms with Crippen LogP contribution in [0, 0.1) is 5.92 Å². The van der Waals surface area contributed by atoms with Crippen molar-refractivity contribution in [2.45, 2.75) is 24.8 Å². The Bertz CT molecular complexity index is 1450. The highest BCUT2D eigenvalue weighted by molar-refractivity contribution is 5.93. The molecule has 37 heavy (non-hydrogen) atoms. The number of nitrogens with two attached hydrogens (primary N) is 1. The molecule has 9 nitrogen and oxygen atoms in total. The fourth-order valence-electron chi connectivity index (χ4n) is 5.63. The number of hydrogen-bond acceptors (Lipinski definition) is 8. The Morgan fingerprint density at radius 2 is 1.89 bits per heavy atom. The van der Waals surface area contributed by atoms with Crippen molar-refractivity contribution < 1.29 is 4.74 Å². The molecule has 0 unspecified atom stereocenters. The fourth-order valence-corrected chi connectivity index (χ4v) is 5.63. The summed E-state index contributed by atoms with van der Waals surface area (Å²) in [4.78, 5) is 13.6. The number of rotatable bonds is 9. The number of hydrogen-bond donors (Lipinski definition) is 2. The third-order valence-corrected chi connectivity index (χ3v) is 7.83. The van der Waals surface area contributed by atoms with E-state index in [2.05, 4.69) is 63.1 Å². The lowest BCUT2D eigenvalue weighted by Crippen LogP contribution is -2.59. The van der Waals surface area contributed by atoms with Gasteiger partial charge in [-0.2, -0.15) is 5.10 Å². The zero-order chi connectivity index (χ0) is 25.7. The quantitative estimate of drug-likeness (QED) is 0.329. The molecule has 0 spiro atoms. The third kappa shape index (κ3) is 4.03. The molecule has 0 atom stereocenters. The highest BCUT2D eigenvalue weighted by Gasteiger charge is 2.59. The van der Waals surface area contributed by atoms with Crippen LogP contribution in [0.1, 0.15) is 19.3 Å². The monoisotopic (exact) mass is 498 g/mol. The van der Waals surface area contributed by atoms with E-state index in [4.69, 9.17) is 20.6 Å². The van der Waals surface area contributed by atoms with Crippen LogP contribution < -0.4 is 20.7 Å². The standard InChI is InChI=1S/C28H34N8O/c1-34(2)11-12-35(3)24-14-25(37-4)22(13-20(24)29)32-27-30-10-9-21(31-27)26-19-7-5-6-8-23(19)36(33-26)28-15-18(16-28)17-28/h5-10,13-14,18H,11-12,15-17,29H2,1-4H3,(H,30,31,32). The predicted molar refractivity (Wildman–Crippen MR) is 149 cm³/mol. The molecular weight excluding hydrogens is 464 g/mol. The molecule has 3 N–H and O–H groups in total. The molecular formula is C28H34N8O. The number of nitrogens with zero attached hydrogens (tertiary/aromatic N) is 6. The molecule has 2 heterocycles. The van der Waals surface area contributed by atoms with Gasteiger partial charge >= 0.3 is 0 Å². The summed E-state index contributed by atoms with van der Waals surface area (Å²) in [5, 5.41) is 9.53. The Hall–Kier alpha value is -3.85. The first kappa shape index (κ1) is 23.5. The molecule has 0 saturated heterocycles. The van der Waals surface area contributed by atoms with Gasteiger partial charge in [0.1, 0.15) is 11.4 Å². The first-order valence-corrected chi connectivity index (χ1v) is 12.8. The molecule has 0 radical (unpaired) electrons. The molecule has 3 saturated carbocycles. The van der Waals surface area contributed by atoms with E-state index in [9.17, 15) is 0 Å². The summed E-state index contributed by atoms with van der Waals surface area (Å²) in [6, 6.07) is 14.2. The number of methoxy groups -OCH3 is 1. The zero-order valence-corrected chi connectivity index (χ0v) is 21.9. The minimum absolute atomic E-state index is 0.197. The van der Waals surface area contributed by atoms with Gasteiger partial charge in [0.05, 0.1) is 40.9 Å². The average molecular weight is 499 g/mol. The molecule has 2 bridgehead atoms. The number of likely N-dealkylation sites (N-methyl/N-ethyl adjacent to an activating group) is 2. The Labute approximate surface area is 217 Å². The maximum absolute atomic E-state index is 6.45. The summed E-state index contributed by atoms with van der Waals surface area (Å²) < 4.78 is 7.95. The number of ether oxygens (including phenoxy) is 1. The summed E-state index contributed by atoms with van der Waals surface area (Å²) in [6.07, 6.45) is 5.46. The van der Waals surface area contributed by atoms with Crippen molar-refractivity contribution >= 4 is 33.9 Å². The van der Waals surface area contributed by atoms with Crippen LogP contribution in [0.2, 0.25) is 0 Å². The van der Waals surface area contributed by atoms with Gasteiger partial charge in [-0.15, -0.1) is 0 Å². The molecule has 192 valence electrons. The van der Waals surface area contributed by atoms with E-state index in [-0.39, 0.29) is 5.54 Å². The molecule has 7 rings (SSSR count). The first-order chi connectivity index (χ1) is 17.9. The smallest absolute Gasteiger partial charge is 0.227 e. The van der Waals surface area contributed by atoms with Gasteiger partial charge in [0, 0.05) is 37.8 Å². The first-order valence-electron chi connectivity index (χ1n) is 12.8. The van der Waals surface area contributed by atoms with Crippen LogP contribution in [0.25, 0.3) is 22.3 Å². The van der Waals surface area contributed by atoms with Gasteiger partial charge in [-0.25, -0.2) is 9.97 Å². The number of anilines is 4. The van der Waals surface area contributed by atoms with Gasteiger partial charge in [0.25, 0.3) is 0 Å². The molecule has 3 aliphatic carbocycles. The van der Waals surface area contributed by atoms with Crippen LogP contribution in [-0.4, -0.2) is 66.0 Å². The topological polar surface area (TPSA) is 97.4 Å². The molecule has 3 fully saturated rings. The molecule has 2 aromatic heterocycles. The van der Waals surface area contributed by atoms with Crippen molar-refractivity contribution in [3.8, 4) is 17.1 Å². The summed E-state index contributed by atoms with van der Waals surface area (Å²) in [6.45, 7) is 1.77. The summed E-state index contributed by atoms with van der Waals surface area (Å²) in [5.74, 6) is 2.02. The van der Waals surface area contributed by atoms with Crippen LogP contribution >= 0.6 is 0 Å². The van der Waals surface area contributed by atoms with E-state index >= 15 is 0 Å². The highest BCUT2D eigenvalue weighted by atomic mass is 16.5. The number of nitrogens with one attached hydrogen (secondary N) is 1. The largest absolute Gasteiger partial charge is 0.494 e. The maximum Gasteiger partial charge on any atom is 0.227 e. The second-order valence-electron chi connectivity index (χ2n) is 10.7. The second kappa shape index (κ2) is 8.92. The Balaban J connectivity index is 1.31. The minimum Gasteiger partial charge on any atom is -0.494 e. The van der Waals surface area contributed by atoms with E-state index in [0.717, 1.165) is 41.5 Å². The van der Waals surface area contributed by atoms with Gasteiger partial charge in [-0.3, -0.25) is 4.68 Å². The van der Waals surface area contributed by atoms with Crippen molar-refractivity contribution in [1.82, 2.24) is 24.6 Å². The number of fused-ring (bicyclic) bond motifs is 1. The van der Waals surface area contributed by atoms with Crippen LogP contribution in [0.4, 0.5) is 23.0 Å². The van der Waals surface area contributed by atoms with E-state index in [1.54, 1.807) is 13.3 Å². The van der Waals surface area contributed by atoms with Gasteiger partial charge in [-0.05, 0) is 57.5 Å². The predicted octanol–water partition coefficient (Wildman–Crippen LogP) is 4.33. The molecule has 0 aliphatic heterocycles. The summed E-state index contributed by atoms with van der Waals surface area (Å²) in [5.41, 5.74) is 11.8. The van der Waals surface area contributed by atoms with Gasteiger partial charge in [0.15, 0.2) is 0 Å². The van der Waals surface area contributed by atoms with Gasteiger partial charge in [0.2, 0.25) is 5.95 Å². The van der Waals surface area contributed by atoms with E-state index < -0.39 is 0 Å². The van der Waals surface area contributed by atoms with E-state index in [1.165, 1.54) is 24.8 Å². The van der Waals surface area contributed by atoms with Crippen molar-refractivity contribution in [3.63, 3.8) is 0 Å². The lowest BCUT2D eigenvalue weighted by atomic mass is 9.50. The molecule has 4 aromatic rings. The Kier molecular flexibility index (Phi) is 5.67. The molecule has 2 aromatic carbocycles. The summed E-state index contributed by atoms with van der Waals surface area (Å²) in [7, 11) is 7.80. The normalized spacial score (nSPS) is 20.0. The van der Waals surface area contributed by atoms with Gasteiger partial charge < -0.3 is 25.6 Å². The molecule has 0 amide bonds. The van der Waals surface area contributed by atoms with Crippen LogP contribution in [-0.2, 0) is 5.54 Å². The number of aromatic nitrogens is 4. The van der Waals surface area contributed by atoms with E-state index in [1.807, 2.05) is 25.2 Å². The Morgan fingerprint density at radius 3 is 2.59 bits per heavy atom. The van der Waals surface area contributed by atoms with Crippen molar-refractivity contribution in [3.05, 3.63) is 48.7 Å². The van der Waals surface area contributed by atoms with Crippen LogP contribution in [0.5, 0.6) is 5.75 Å². The average Bonchev–Trinajstić information content (AvgIpc) is 3.20. The highest BCUT2D eigenvalue weighted by Crippen LogP contribution is 2.62. The second-order valence-corrected chi connectivity index (χ2v) is 10.7. The van der Waals surface area contributed by atoms with Crippen LogP contribution in [0.15, 0.2) is 48.7 Å². The van der Waals surface area contributed by atoms with Gasteiger partial charge in [-0.1, -0.05) is 18.2 Å². The van der Waals surface area contributed by atoms with Crippen molar-refractivity contribution in [1.29, 1.82) is 0 Å². The van der Waals surface area contributed by atoms with E-state index in [0.29, 0.717) is 23.1 Å². The Morgan fingerprint density at radius 1 is 1.11 bits per heavy atom.